The molecule has 0 radical (unpaired) electrons. The molecule has 0 aliphatic rings. The molecular weight excluding hydrogens is 234 g/mol. The molecule has 0 amide bonds. The number of methoxy groups -OCH3 is 1. The minimum absolute atomic E-state index is 0.435. The monoisotopic (exact) mass is 255 g/mol. The zero-order valence-electron chi connectivity index (χ0n) is 11.8. The van der Waals surface area contributed by atoms with Crippen LogP contribution in [-0.2, 0) is 0 Å². The fraction of sp³-hybridized carbons (Fsp3) is 0.294. The average Bonchev–Trinajstić information content (AvgIpc) is 2.49. The lowest BCUT2D eigenvalue weighted by molar-refractivity contribution is 0.415. The third-order valence-electron chi connectivity index (χ3n) is 3.49. The Kier molecular flexibility index (Phi) is 4.58. The van der Waals surface area contributed by atoms with Gasteiger partial charge in [0, 0.05) is 6.04 Å². The summed E-state index contributed by atoms with van der Waals surface area (Å²) >= 11 is 0. The van der Waals surface area contributed by atoms with Crippen molar-refractivity contribution in [2.24, 2.45) is 0 Å². The first-order chi connectivity index (χ1) is 9.28. The van der Waals surface area contributed by atoms with Crippen LogP contribution in [0.2, 0.25) is 0 Å². The highest BCUT2D eigenvalue weighted by Crippen LogP contribution is 2.24. The summed E-state index contributed by atoms with van der Waals surface area (Å²) in [5.74, 6) is 0.890. The molecule has 0 aliphatic carbocycles. The van der Waals surface area contributed by atoms with Crippen molar-refractivity contribution < 1.29 is 4.74 Å². The van der Waals surface area contributed by atoms with E-state index in [0.717, 1.165) is 12.2 Å². The van der Waals surface area contributed by atoms with E-state index in [1.807, 2.05) is 19.2 Å². The fourth-order valence-corrected chi connectivity index (χ4v) is 2.30. The van der Waals surface area contributed by atoms with Crippen molar-refractivity contribution >= 4 is 0 Å². The van der Waals surface area contributed by atoms with Crippen LogP contribution in [-0.4, -0.2) is 14.2 Å². The number of hydrogen-bond acceptors (Lipinski definition) is 2. The van der Waals surface area contributed by atoms with Crippen molar-refractivity contribution in [1.29, 1.82) is 0 Å². The molecule has 2 nitrogen and oxygen atoms in total. The molecule has 0 saturated heterocycles. The lowest BCUT2D eigenvalue weighted by atomic mass is 9.99. The normalized spacial score (nSPS) is 12.2. The molecule has 0 bridgehead atoms. The second kappa shape index (κ2) is 6.39. The molecule has 0 heterocycles. The van der Waals surface area contributed by atoms with E-state index in [-0.39, 0.29) is 0 Å². The van der Waals surface area contributed by atoms with E-state index in [2.05, 4.69) is 48.6 Å². The lowest BCUT2D eigenvalue weighted by Crippen LogP contribution is -2.14. The number of benzene rings is 2. The van der Waals surface area contributed by atoms with Crippen LogP contribution < -0.4 is 10.1 Å². The van der Waals surface area contributed by atoms with Gasteiger partial charge in [0.05, 0.1) is 7.11 Å². The van der Waals surface area contributed by atoms with E-state index in [1.54, 1.807) is 7.11 Å². The summed E-state index contributed by atoms with van der Waals surface area (Å²) in [5.41, 5.74) is 3.78. The second-order valence-electron chi connectivity index (χ2n) is 4.60. The van der Waals surface area contributed by atoms with Gasteiger partial charge in [-0.3, -0.25) is 0 Å². The van der Waals surface area contributed by atoms with Crippen LogP contribution in [0.4, 0.5) is 0 Å². The Morgan fingerprint density at radius 2 is 1.47 bits per heavy atom. The van der Waals surface area contributed by atoms with Crippen molar-refractivity contribution in [3.05, 3.63) is 54.1 Å². The third kappa shape index (κ3) is 3.15. The van der Waals surface area contributed by atoms with E-state index < -0.39 is 0 Å². The standard InChI is InChI=1S/C17H21NO/c1-4-17(18-2)15-7-5-13(6-8-15)14-9-11-16(19-3)12-10-14/h5-12,17-18H,4H2,1-3H3. The first-order valence-corrected chi connectivity index (χ1v) is 6.70. The Balaban J connectivity index is 2.21. The minimum atomic E-state index is 0.435. The van der Waals surface area contributed by atoms with Gasteiger partial charge in [-0.15, -0.1) is 0 Å². The van der Waals surface area contributed by atoms with E-state index in [1.165, 1.54) is 16.7 Å². The Morgan fingerprint density at radius 3 is 1.89 bits per heavy atom. The quantitative estimate of drug-likeness (QED) is 0.871. The van der Waals surface area contributed by atoms with Gasteiger partial charge in [0.1, 0.15) is 5.75 Å². The van der Waals surface area contributed by atoms with Gasteiger partial charge in [0.2, 0.25) is 0 Å². The smallest absolute Gasteiger partial charge is 0.118 e. The molecule has 0 spiro atoms. The fourth-order valence-electron chi connectivity index (χ4n) is 2.30. The summed E-state index contributed by atoms with van der Waals surface area (Å²) in [6, 6.07) is 17.3. The van der Waals surface area contributed by atoms with Crippen LogP contribution in [0.3, 0.4) is 0 Å². The highest BCUT2D eigenvalue weighted by atomic mass is 16.5. The van der Waals surface area contributed by atoms with Crippen molar-refractivity contribution in [3.63, 3.8) is 0 Å². The highest BCUT2D eigenvalue weighted by Gasteiger charge is 2.06. The van der Waals surface area contributed by atoms with Crippen molar-refractivity contribution in [2.45, 2.75) is 19.4 Å². The average molecular weight is 255 g/mol. The van der Waals surface area contributed by atoms with Crippen molar-refractivity contribution in [1.82, 2.24) is 5.32 Å². The summed E-state index contributed by atoms with van der Waals surface area (Å²) in [7, 11) is 3.69. The van der Waals surface area contributed by atoms with Crippen LogP contribution >= 0.6 is 0 Å². The molecule has 1 unspecified atom stereocenters. The minimum Gasteiger partial charge on any atom is -0.497 e. The van der Waals surface area contributed by atoms with Crippen LogP contribution in [0.5, 0.6) is 5.75 Å². The van der Waals surface area contributed by atoms with Crippen LogP contribution in [0.15, 0.2) is 48.5 Å². The molecule has 0 saturated carbocycles. The maximum Gasteiger partial charge on any atom is 0.118 e. The van der Waals surface area contributed by atoms with Crippen LogP contribution in [0, 0.1) is 0 Å². The zero-order chi connectivity index (χ0) is 13.7. The Hall–Kier alpha value is -1.80. The molecule has 1 atom stereocenters. The Labute approximate surface area is 115 Å². The number of nitrogens with one attached hydrogen (secondary N) is 1. The van der Waals surface area contributed by atoms with Crippen molar-refractivity contribution in [2.75, 3.05) is 14.2 Å². The summed E-state index contributed by atoms with van der Waals surface area (Å²) < 4.78 is 5.18. The molecule has 2 rings (SSSR count). The summed E-state index contributed by atoms with van der Waals surface area (Å²) in [5, 5.41) is 3.33. The zero-order valence-corrected chi connectivity index (χ0v) is 11.8. The Morgan fingerprint density at radius 1 is 0.947 bits per heavy atom. The molecule has 1 N–H and O–H groups in total. The van der Waals surface area contributed by atoms with E-state index in [0.29, 0.717) is 6.04 Å². The molecule has 2 heteroatoms. The lowest BCUT2D eigenvalue weighted by Gasteiger charge is -2.14. The number of rotatable bonds is 5. The topological polar surface area (TPSA) is 21.3 Å². The SMILES string of the molecule is CCC(NC)c1ccc(-c2ccc(OC)cc2)cc1. The van der Waals surface area contributed by atoms with E-state index in [4.69, 9.17) is 4.74 Å². The first-order valence-electron chi connectivity index (χ1n) is 6.70. The molecule has 0 aliphatic heterocycles. The molecule has 0 fully saturated rings. The molecule has 2 aromatic carbocycles. The third-order valence-corrected chi connectivity index (χ3v) is 3.49. The van der Waals surface area contributed by atoms with Gasteiger partial charge < -0.3 is 10.1 Å². The molecule has 0 aromatic heterocycles. The van der Waals surface area contributed by atoms with Gasteiger partial charge in [0.25, 0.3) is 0 Å². The van der Waals surface area contributed by atoms with Crippen molar-refractivity contribution in [3.8, 4) is 16.9 Å². The molecule has 2 aromatic rings. The predicted molar refractivity (Wildman–Crippen MR) is 80.5 cm³/mol. The van der Waals surface area contributed by atoms with E-state index >= 15 is 0 Å². The number of hydrogen-bond donors (Lipinski definition) is 1. The predicted octanol–water partition coefficient (Wildman–Crippen LogP) is 4.03. The molecular formula is C17H21NO. The van der Waals surface area contributed by atoms with Gasteiger partial charge in [-0.2, -0.15) is 0 Å². The maximum absolute atomic E-state index is 5.18. The second-order valence-corrected chi connectivity index (χ2v) is 4.60. The number of ether oxygens (including phenoxy) is 1. The summed E-state index contributed by atoms with van der Waals surface area (Å²) in [6.45, 7) is 2.19. The first kappa shape index (κ1) is 13.6. The summed E-state index contributed by atoms with van der Waals surface area (Å²) in [4.78, 5) is 0. The van der Waals surface area contributed by atoms with Gasteiger partial charge in [-0.05, 0) is 42.3 Å². The summed E-state index contributed by atoms with van der Waals surface area (Å²) in [6.07, 6.45) is 1.10. The van der Waals surface area contributed by atoms with Crippen LogP contribution in [0.1, 0.15) is 24.9 Å². The van der Waals surface area contributed by atoms with Crippen LogP contribution in [0.25, 0.3) is 11.1 Å². The molecule has 100 valence electrons. The maximum atomic E-state index is 5.18. The largest absolute Gasteiger partial charge is 0.497 e. The molecule has 19 heavy (non-hydrogen) atoms. The Bertz CT molecular complexity index is 498. The highest BCUT2D eigenvalue weighted by molar-refractivity contribution is 5.64. The van der Waals surface area contributed by atoms with Gasteiger partial charge in [-0.25, -0.2) is 0 Å². The van der Waals surface area contributed by atoms with E-state index in [9.17, 15) is 0 Å². The van der Waals surface area contributed by atoms with Gasteiger partial charge in [-0.1, -0.05) is 43.3 Å². The van der Waals surface area contributed by atoms with Gasteiger partial charge in [0.15, 0.2) is 0 Å². The van der Waals surface area contributed by atoms with Gasteiger partial charge >= 0.3 is 0 Å².